The molecule has 0 radical (unpaired) electrons. The molecule has 35 heavy (non-hydrogen) atoms. The van der Waals surface area contributed by atoms with Crippen LogP contribution in [0.15, 0.2) is 103 Å². The summed E-state index contributed by atoms with van der Waals surface area (Å²) in [5.74, 6) is 0.575. The van der Waals surface area contributed by atoms with Crippen molar-refractivity contribution in [1.29, 1.82) is 0 Å². The Morgan fingerprint density at radius 2 is 1.63 bits per heavy atom. The maximum atomic E-state index is 13.0. The monoisotopic (exact) mass is 464 g/mol. The van der Waals surface area contributed by atoms with Crippen LogP contribution in [0.3, 0.4) is 0 Å². The number of amides is 1. The Morgan fingerprint density at radius 3 is 2.29 bits per heavy atom. The Hall–Kier alpha value is -3.96. The molecule has 0 spiro atoms. The zero-order valence-corrected chi connectivity index (χ0v) is 19.5. The van der Waals surface area contributed by atoms with Crippen molar-refractivity contribution in [2.24, 2.45) is 0 Å². The van der Waals surface area contributed by atoms with Gasteiger partial charge in [0, 0.05) is 30.4 Å². The van der Waals surface area contributed by atoms with Gasteiger partial charge in [-0.1, -0.05) is 72.8 Å². The molecule has 3 aromatic carbocycles. The summed E-state index contributed by atoms with van der Waals surface area (Å²) in [5, 5.41) is 11.6. The molecule has 1 atom stereocenters. The lowest BCUT2D eigenvalue weighted by Gasteiger charge is -2.25. The first-order valence-electron chi connectivity index (χ1n) is 11.9. The summed E-state index contributed by atoms with van der Waals surface area (Å²) in [6.45, 7) is 1.39. The van der Waals surface area contributed by atoms with Gasteiger partial charge >= 0.3 is 0 Å². The average molecular weight is 465 g/mol. The van der Waals surface area contributed by atoms with E-state index in [4.69, 9.17) is 4.74 Å². The van der Waals surface area contributed by atoms with Gasteiger partial charge in [-0.2, -0.15) is 0 Å². The Labute approximate surface area is 205 Å². The largest absolute Gasteiger partial charge is 0.491 e. The van der Waals surface area contributed by atoms with Crippen LogP contribution in [0.25, 0.3) is 0 Å². The van der Waals surface area contributed by atoms with Crippen LogP contribution in [0.2, 0.25) is 0 Å². The third-order valence-corrected chi connectivity index (χ3v) is 6.47. The van der Waals surface area contributed by atoms with Crippen LogP contribution in [0.1, 0.15) is 39.8 Å². The lowest BCUT2D eigenvalue weighted by molar-refractivity contribution is -0.131. The van der Waals surface area contributed by atoms with E-state index >= 15 is 0 Å². The number of hydrogen-bond donors (Lipinski definition) is 1. The van der Waals surface area contributed by atoms with E-state index in [-0.39, 0.29) is 11.8 Å². The van der Waals surface area contributed by atoms with Crippen molar-refractivity contribution in [2.45, 2.75) is 25.0 Å². The molecule has 176 valence electrons. The number of benzene rings is 3. The van der Waals surface area contributed by atoms with E-state index in [2.05, 4.69) is 4.98 Å². The molecule has 0 saturated heterocycles. The Bertz CT molecular complexity index is 1220. The van der Waals surface area contributed by atoms with Crippen LogP contribution in [-0.4, -0.2) is 34.0 Å². The third-order valence-electron chi connectivity index (χ3n) is 6.47. The number of rotatable bonds is 6. The fourth-order valence-electron chi connectivity index (χ4n) is 4.67. The van der Waals surface area contributed by atoms with E-state index in [0.717, 1.165) is 33.6 Å². The summed E-state index contributed by atoms with van der Waals surface area (Å²) < 4.78 is 5.96. The number of hydrogen-bond acceptors (Lipinski definition) is 4. The van der Waals surface area contributed by atoms with Crippen molar-refractivity contribution in [1.82, 2.24) is 9.88 Å². The maximum Gasteiger partial charge on any atom is 0.227 e. The van der Waals surface area contributed by atoms with Gasteiger partial charge in [0.15, 0.2) is 0 Å². The normalized spacial score (nSPS) is 14.1. The summed E-state index contributed by atoms with van der Waals surface area (Å²) in [6.07, 6.45) is 2.97. The zero-order valence-electron chi connectivity index (χ0n) is 19.5. The minimum atomic E-state index is -0.757. The van der Waals surface area contributed by atoms with E-state index in [1.54, 1.807) is 12.4 Å². The molecule has 5 nitrogen and oxygen atoms in total. The number of aliphatic hydroxyl groups excluding tert-OH is 1. The minimum Gasteiger partial charge on any atom is -0.491 e. The molecule has 1 aromatic heterocycles. The van der Waals surface area contributed by atoms with Gasteiger partial charge in [0.1, 0.15) is 12.4 Å². The Morgan fingerprint density at radius 1 is 0.914 bits per heavy atom. The summed E-state index contributed by atoms with van der Waals surface area (Å²) in [5.41, 5.74) is 4.68. The van der Waals surface area contributed by atoms with Gasteiger partial charge in [-0.15, -0.1) is 0 Å². The highest BCUT2D eigenvalue weighted by Gasteiger charge is 2.27. The molecule has 5 rings (SSSR count). The summed E-state index contributed by atoms with van der Waals surface area (Å²) >= 11 is 0. The maximum absolute atomic E-state index is 13.0. The van der Waals surface area contributed by atoms with Crippen molar-refractivity contribution in [2.75, 3.05) is 13.2 Å². The molecule has 1 amide bonds. The molecular formula is C30H28N2O3. The van der Waals surface area contributed by atoms with Crippen LogP contribution in [-0.2, 0) is 17.8 Å². The quantitative estimate of drug-likeness (QED) is 0.440. The van der Waals surface area contributed by atoms with Crippen LogP contribution in [0.5, 0.6) is 5.75 Å². The topological polar surface area (TPSA) is 62.7 Å². The van der Waals surface area contributed by atoms with Gasteiger partial charge < -0.3 is 14.7 Å². The van der Waals surface area contributed by atoms with Crippen LogP contribution in [0, 0.1) is 0 Å². The first-order chi connectivity index (χ1) is 17.2. The zero-order chi connectivity index (χ0) is 24.0. The second-order valence-electron chi connectivity index (χ2n) is 8.81. The SMILES string of the molecule is O=C(Cc1cccnc1)N1CCOc2ccc(C(O)C(c3ccccc3)c3ccccc3)cc2C1. The van der Waals surface area contributed by atoms with E-state index < -0.39 is 6.10 Å². The second kappa shape index (κ2) is 10.5. The molecule has 1 aliphatic rings. The van der Waals surface area contributed by atoms with Crippen molar-refractivity contribution < 1.29 is 14.6 Å². The summed E-state index contributed by atoms with van der Waals surface area (Å²) in [7, 11) is 0. The first-order valence-corrected chi connectivity index (χ1v) is 11.9. The number of carbonyl (C=O) groups is 1. The molecule has 0 saturated carbocycles. The number of aromatic nitrogens is 1. The minimum absolute atomic E-state index is 0.0341. The highest BCUT2D eigenvalue weighted by molar-refractivity contribution is 5.78. The molecule has 1 aliphatic heterocycles. The smallest absolute Gasteiger partial charge is 0.227 e. The predicted octanol–water partition coefficient (Wildman–Crippen LogP) is 4.91. The standard InChI is InChI=1S/C30H28N2O3/c33-28(18-22-8-7-15-31-20-22)32-16-17-35-27-14-13-25(19-26(27)21-32)30(34)29(23-9-3-1-4-10-23)24-11-5-2-6-12-24/h1-15,19-20,29-30,34H,16-18,21H2. The molecule has 0 bridgehead atoms. The Kier molecular flexibility index (Phi) is 6.87. The number of ether oxygens (including phenoxy) is 1. The highest BCUT2D eigenvalue weighted by atomic mass is 16.5. The van der Waals surface area contributed by atoms with Gasteiger partial charge in [-0.05, 0) is 40.5 Å². The third kappa shape index (κ3) is 5.26. The molecule has 1 unspecified atom stereocenters. The van der Waals surface area contributed by atoms with Crippen molar-refractivity contribution >= 4 is 5.91 Å². The van der Waals surface area contributed by atoms with Gasteiger partial charge in [-0.3, -0.25) is 9.78 Å². The molecule has 0 fully saturated rings. The number of carbonyl (C=O) groups excluding carboxylic acids is 1. The van der Waals surface area contributed by atoms with Crippen LogP contribution >= 0.6 is 0 Å². The van der Waals surface area contributed by atoms with Gasteiger partial charge in [0.25, 0.3) is 0 Å². The number of pyridine rings is 1. The fraction of sp³-hybridized carbons (Fsp3) is 0.200. The van der Waals surface area contributed by atoms with E-state index in [0.29, 0.717) is 26.1 Å². The van der Waals surface area contributed by atoms with E-state index in [1.807, 2.05) is 95.9 Å². The molecule has 5 heteroatoms. The van der Waals surface area contributed by atoms with Crippen molar-refractivity contribution in [3.63, 3.8) is 0 Å². The predicted molar refractivity (Wildman–Crippen MR) is 135 cm³/mol. The Balaban J connectivity index is 1.42. The molecule has 0 aliphatic carbocycles. The van der Waals surface area contributed by atoms with Crippen LogP contribution < -0.4 is 4.74 Å². The van der Waals surface area contributed by atoms with Crippen molar-refractivity contribution in [3.8, 4) is 5.75 Å². The average Bonchev–Trinajstić information content (AvgIpc) is 3.13. The number of aliphatic hydroxyl groups is 1. The fourth-order valence-corrected chi connectivity index (χ4v) is 4.67. The number of nitrogens with zero attached hydrogens (tertiary/aromatic N) is 2. The number of fused-ring (bicyclic) bond motifs is 1. The highest BCUT2D eigenvalue weighted by Crippen LogP contribution is 2.38. The van der Waals surface area contributed by atoms with E-state index in [1.165, 1.54) is 0 Å². The molecule has 4 aromatic rings. The lowest BCUT2D eigenvalue weighted by Crippen LogP contribution is -2.33. The van der Waals surface area contributed by atoms with Crippen molar-refractivity contribution in [3.05, 3.63) is 131 Å². The summed E-state index contributed by atoms with van der Waals surface area (Å²) in [6, 6.07) is 29.7. The van der Waals surface area contributed by atoms with Gasteiger partial charge in [-0.25, -0.2) is 0 Å². The lowest BCUT2D eigenvalue weighted by atomic mass is 9.83. The van der Waals surface area contributed by atoms with E-state index in [9.17, 15) is 9.90 Å². The second-order valence-corrected chi connectivity index (χ2v) is 8.81. The first kappa shape index (κ1) is 22.8. The molecule has 2 heterocycles. The summed E-state index contributed by atoms with van der Waals surface area (Å²) in [4.78, 5) is 19.0. The van der Waals surface area contributed by atoms with Gasteiger partial charge in [0.05, 0.1) is 19.1 Å². The molecule has 1 N–H and O–H groups in total. The van der Waals surface area contributed by atoms with Crippen LogP contribution in [0.4, 0.5) is 0 Å². The molecular weight excluding hydrogens is 436 g/mol. The van der Waals surface area contributed by atoms with Gasteiger partial charge in [0.2, 0.25) is 5.91 Å².